The molecule has 56 heavy (non-hydrogen) atoms. The fraction of sp³-hybridized carbons (Fsp3) is 0.766. The number of hydrogen-bond donors (Lipinski definition) is 0. The molecule has 2 unspecified atom stereocenters. The molecule has 0 saturated heterocycles. The van der Waals surface area contributed by atoms with Crippen molar-refractivity contribution in [3.63, 3.8) is 0 Å². The number of carbonyl (C=O) groups excluding carboxylic acids is 3. The number of aliphatic carboxylic acids is 1. The summed E-state index contributed by atoms with van der Waals surface area (Å²) < 4.78 is 22.5. The van der Waals surface area contributed by atoms with Crippen LogP contribution in [0.5, 0.6) is 0 Å². The molecular formula is C47H83NO8. The Kier molecular flexibility index (Phi) is 37.2. The summed E-state index contributed by atoms with van der Waals surface area (Å²) in [5.41, 5.74) is 0. The first kappa shape index (κ1) is 53.2. The van der Waals surface area contributed by atoms with Crippen LogP contribution in [0.4, 0.5) is 0 Å². The predicted octanol–water partition coefficient (Wildman–Crippen LogP) is 10.3. The lowest BCUT2D eigenvalue weighted by molar-refractivity contribution is -0.870. The zero-order chi connectivity index (χ0) is 41.4. The van der Waals surface area contributed by atoms with Gasteiger partial charge in [-0.1, -0.05) is 159 Å². The average molecular weight is 790 g/mol. The fourth-order valence-corrected chi connectivity index (χ4v) is 5.88. The summed E-state index contributed by atoms with van der Waals surface area (Å²) in [7, 11) is 5.89. The van der Waals surface area contributed by atoms with Crippen molar-refractivity contribution >= 4 is 17.9 Å². The van der Waals surface area contributed by atoms with Crippen molar-refractivity contribution in [2.45, 2.75) is 187 Å². The third-order valence-electron chi connectivity index (χ3n) is 9.34. The number of unbranched alkanes of at least 4 members (excludes halogenated alkanes) is 17. The van der Waals surface area contributed by atoms with Gasteiger partial charge in [0.15, 0.2) is 12.4 Å². The summed E-state index contributed by atoms with van der Waals surface area (Å²) in [6.45, 7) is 4.59. The molecule has 0 spiro atoms. The van der Waals surface area contributed by atoms with Crippen LogP contribution < -0.4 is 5.11 Å². The average Bonchev–Trinajstić information content (AvgIpc) is 3.15. The number of carboxylic acids is 1. The summed E-state index contributed by atoms with van der Waals surface area (Å²) in [6.07, 6.45) is 41.4. The summed E-state index contributed by atoms with van der Waals surface area (Å²) in [6, 6.07) is 0. The second-order valence-electron chi connectivity index (χ2n) is 16.0. The quantitative estimate of drug-likeness (QED) is 0.0198. The van der Waals surface area contributed by atoms with Gasteiger partial charge < -0.3 is 33.3 Å². The van der Waals surface area contributed by atoms with E-state index in [1.165, 1.54) is 70.6 Å². The number of hydrogen-bond acceptors (Lipinski definition) is 8. The zero-order valence-electron chi connectivity index (χ0n) is 36.5. The molecule has 9 heteroatoms. The van der Waals surface area contributed by atoms with Gasteiger partial charge in [-0.05, 0) is 51.4 Å². The first-order valence-electron chi connectivity index (χ1n) is 22.3. The summed E-state index contributed by atoms with van der Waals surface area (Å²) in [4.78, 5) is 36.9. The lowest BCUT2D eigenvalue weighted by atomic mass is 10.0. The third-order valence-corrected chi connectivity index (χ3v) is 9.34. The molecule has 0 amide bonds. The maximum absolute atomic E-state index is 12.7. The summed E-state index contributed by atoms with van der Waals surface area (Å²) in [5, 5.41) is 11.7. The minimum absolute atomic E-state index is 0.142. The molecule has 0 radical (unpaired) electrons. The van der Waals surface area contributed by atoms with Crippen LogP contribution in [0.3, 0.4) is 0 Å². The Bertz CT molecular complexity index is 1060. The van der Waals surface area contributed by atoms with Gasteiger partial charge in [-0.3, -0.25) is 9.59 Å². The van der Waals surface area contributed by atoms with Gasteiger partial charge >= 0.3 is 11.9 Å². The molecule has 0 rings (SSSR count). The molecule has 2 atom stereocenters. The van der Waals surface area contributed by atoms with E-state index < -0.39 is 24.3 Å². The lowest BCUT2D eigenvalue weighted by Crippen LogP contribution is -2.44. The number of rotatable bonds is 40. The van der Waals surface area contributed by atoms with Gasteiger partial charge in [0.1, 0.15) is 13.2 Å². The zero-order valence-corrected chi connectivity index (χ0v) is 36.5. The van der Waals surface area contributed by atoms with Crippen molar-refractivity contribution in [1.82, 2.24) is 0 Å². The molecule has 0 aliphatic carbocycles. The van der Waals surface area contributed by atoms with E-state index in [0.29, 0.717) is 17.4 Å². The fourth-order valence-electron chi connectivity index (χ4n) is 5.88. The van der Waals surface area contributed by atoms with Gasteiger partial charge in [0.05, 0.1) is 40.3 Å². The normalized spacial score (nSPS) is 13.4. The molecule has 0 aromatic rings. The number of nitrogens with zero attached hydrogens (tertiary/aromatic N) is 1. The van der Waals surface area contributed by atoms with Crippen molar-refractivity contribution < 1.29 is 42.9 Å². The van der Waals surface area contributed by atoms with Crippen LogP contribution in [-0.2, 0) is 33.3 Å². The van der Waals surface area contributed by atoms with Crippen LogP contribution in [0, 0.1) is 0 Å². The highest BCUT2D eigenvalue weighted by Gasteiger charge is 2.21. The van der Waals surface area contributed by atoms with Crippen molar-refractivity contribution in [1.29, 1.82) is 0 Å². The minimum atomic E-state index is -1.63. The third kappa shape index (κ3) is 39.5. The number of carbonyl (C=O) groups is 3. The highest BCUT2D eigenvalue weighted by atomic mass is 16.7. The summed E-state index contributed by atoms with van der Waals surface area (Å²) in [5.74, 6) is -2.32. The topological polar surface area (TPSA) is 111 Å². The van der Waals surface area contributed by atoms with E-state index in [0.717, 1.165) is 70.6 Å². The largest absolute Gasteiger partial charge is 0.545 e. The number of allylic oxidation sites excluding steroid dienone is 8. The molecule has 0 bridgehead atoms. The van der Waals surface area contributed by atoms with Gasteiger partial charge in [-0.25, -0.2) is 0 Å². The molecule has 0 fully saturated rings. The molecular weight excluding hydrogens is 707 g/mol. The molecule has 0 heterocycles. The number of quaternary nitrogens is 1. The van der Waals surface area contributed by atoms with E-state index >= 15 is 0 Å². The maximum Gasteiger partial charge on any atom is 0.306 e. The molecule has 0 aromatic heterocycles. The van der Waals surface area contributed by atoms with Crippen LogP contribution in [0.2, 0.25) is 0 Å². The highest BCUT2D eigenvalue weighted by Crippen LogP contribution is 2.14. The van der Waals surface area contributed by atoms with Gasteiger partial charge in [0.25, 0.3) is 0 Å². The standard InChI is InChI=1S/C47H83NO8/c1-6-8-10-12-14-16-18-20-22-23-24-26-28-30-32-34-36-38-45(50)56-43(42-55-47(46(51)52)53-40-39-48(3,4)5)41-54-44(49)37-35-33-31-29-27-25-21-19-17-15-13-11-9-7-2/h8,10,14,16,20,22,24,26,43,47H,6-7,9,11-13,15,17-19,21,23,25,27-42H2,1-5H3/b10-8-,16-14-,22-20-,26-24-. The SMILES string of the molecule is CC/C=C\C/C=C\C/C=C\C/C=C\CCCCCCC(=O)OC(COC(=O)CCCCCCCCCCCCCCCC)COC(OCC[N+](C)(C)C)C(=O)[O-]. The summed E-state index contributed by atoms with van der Waals surface area (Å²) >= 11 is 0. The Morgan fingerprint density at radius 3 is 1.52 bits per heavy atom. The monoisotopic (exact) mass is 790 g/mol. The van der Waals surface area contributed by atoms with Gasteiger partial charge in [-0.15, -0.1) is 0 Å². The van der Waals surface area contributed by atoms with E-state index in [-0.39, 0.29) is 38.6 Å². The van der Waals surface area contributed by atoms with Crippen molar-refractivity contribution in [3.05, 3.63) is 48.6 Å². The van der Waals surface area contributed by atoms with Crippen molar-refractivity contribution in [3.8, 4) is 0 Å². The van der Waals surface area contributed by atoms with E-state index in [1.807, 2.05) is 21.1 Å². The Balaban J connectivity index is 4.49. The maximum atomic E-state index is 12.7. The molecule has 324 valence electrons. The van der Waals surface area contributed by atoms with E-state index in [4.69, 9.17) is 18.9 Å². The Labute approximate surface area is 342 Å². The minimum Gasteiger partial charge on any atom is -0.545 e. The first-order chi connectivity index (χ1) is 27.1. The molecule has 0 aliphatic rings. The van der Waals surface area contributed by atoms with Gasteiger partial charge in [-0.2, -0.15) is 0 Å². The van der Waals surface area contributed by atoms with Crippen LogP contribution in [0.15, 0.2) is 48.6 Å². The molecule has 0 N–H and O–H groups in total. The number of likely N-dealkylation sites (N-methyl/N-ethyl adjacent to an activating group) is 1. The van der Waals surface area contributed by atoms with Crippen LogP contribution >= 0.6 is 0 Å². The van der Waals surface area contributed by atoms with Gasteiger partial charge in [0, 0.05) is 12.8 Å². The van der Waals surface area contributed by atoms with Gasteiger partial charge in [0.2, 0.25) is 0 Å². The second kappa shape index (κ2) is 39.1. The Morgan fingerprint density at radius 1 is 0.554 bits per heavy atom. The Morgan fingerprint density at radius 2 is 1.02 bits per heavy atom. The molecule has 0 saturated carbocycles. The number of ether oxygens (including phenoxy) is 4. The highest BCUT2D eigenvalue weighted by molar-refractivity contribution is 5.70. The number of carboxylic acid groups (broad SMARTS) is 1. The van der Waals surface area contributed by atoms with Crippen LogP contribution in [0.25, 0.3) is 0 Å². The van der Waals surface area contributed by atoms with Crippen molar-refractivity contribution in [2.75, 3.05) is 47.5 Å². The van der Waals surface area contributed by atoms with Crippen molar-refractivity contribution in [2.24, 2.45) is 0 Å². The van der Waals surface area contributed by atoms with E-state index in [2.05, 4.69) is 62.5 Å². The predicted molar refractivity (Wildman–Crippen MR) is 228 cm³/mol. The lowest BCUT2D eigenvalue weighted by Gasteiger charge is -2.26. The molecule has 0 aromatic carbocycles. The van der Waals surface area contributed by atoms with Crippen LogP contribution in [-0.4, -0.2) is 82.3 Å². The van der Waals surface area contributed by atoms with E-state index in [1.54, 1.807) is 0 Å². The molecule has 9 nitrogen and oxygen atoms in total. The number of esters is 2. The van der Waals surface area contributed by atoms with Crippen LogP contribution in [0.1, 0.15) is 174 Å². The Hall–Kier alpha value is -2.75. The molecule has 0 aliphatic heterocycles. The smallest absolute Gasteiger partial charge is 0.306 e. The second-order valence-corrected chi connectivity index (χ2v) is 16.0. The first-order valence-corrected chi connectivity index (χ1v) is 22.3. The van der Waals surface area contributed by atoms with E-state index in [9.17, 15) is 19.5 Å².